The number of hydrogen-bond acceptors (Lipinski definition) is 4. The molecule has 25 heavy (non-hydrogen) atoms. The van der Waals surface area contributed by atoms with Crippen LogP contribution < -0.4 is 10.0 Å². The molecule has 2 aromatic rings. The summed E-state index contributed by atoms with van der Waals surface area (Å²) in [6.07, 6.45) is -0.605. The molecule has 0 atom stereocenters. The van der Waals surface area contributed by atoms with Crippen LogP contribution >= 0.6 is 31.9 Å². The summed E-state index contributed by atoms with van der Waals surface area (Å²) in [6, 6.07) is 14.1. The van der Waals surface area contributed by atoms with Crippen LogP contribution in [0.3, 0.4) is 0 Å². The van der Waals surface area contributed by atoms with Gasteiger partial charge in [0.15, 0.2) is 0 Å². The molecule has 0 aliphatic carbocycles. The molecule has 0 aliphatic rings. The van der Waals surface area contributed by atoms with Crippen molar-refractivity contribution >= 4 is 48.0 Å². The van der Waals surface area contributed by atoms with E-state index in [1.807, 2.05) is 30.3 Å². The Balaban J connectivity index is 1.76. The molecule has 0 saturated carbocycles. The number of rotatable bonds is 7. The Labute approximate surface area is 163 Å². The second-order valence-corrected chi connectivity index (χ2v) is 8.47. The van der Waals surface area contributed by atoms with Crippen LogP contribution in [-0.2, 0) is 21.4 Å². The van der Waals surface area contributed by atoms with E-state index in [2.05, 4.69) is 41.9 Å². The molecule has 0 bridgehead atoms. The minimum absolute atomic E-state index is 0.0434. The zero-order chi connectivity index (χ0) is 18.3. The number of carbonyl (C=O) groups is 1. The van der Waals surface area contributed by atoms with Crippen molar-refractivity contribution in [1.82, 2.24) is 10.0 Å². The molecular formula is C16H16Br2N2O4S. The highest BCUT2D eigenvalue weighted by Crippen LogP contribution is 2.25. The summed E-state index contributed by atoms with van der Waals surface area (Å²) in [7, 11) is -3.69. The summed E-state index contributed by atoms with van der Waals surface area (Å²) in [5, 5.41) is 2.49. The van der Waals surface area contributed by atoms with Gasteiger partial charge in [-0.1, -0.05) is 46.3 Å². The minimum Gasteiger partial charge on any atom is -0.445 e. The molecule has 134 valence electrons. The lowest BCUT2D eigenvalue weighted by atomic mass is 10.2. The molecule has 2 aromatic carbocycles. The number of alkyl carbamates (subject to hydrolysis) is 1. The normalized spacial score (nSPS) is 11.1. The van der Waals surface area contributed by atoms with Gasteiger partial charge in [-0.05, 0) is 39.7 Å². The van der Waals surface area contributed by atoms with Gasteiger partial charge in [-0.2, -0.15) is 0 Å². The largest absolute Gasteiger partial charge is 0.445 e. The lowest BCUT2D eigenvalue weighted by molar-refractivity contribution is 0.140. The van der Waals surface area contributed by atoms with Crippen molar-refractivity contribution in [2.45, 2.75) is 11.5 Å². The fourth-order valence-electron chi connectivity index (χ4n) is 1.88. The van der Waals surface area contributed by atoms with Crippen molar-refractivity contribution in [3.05, 3.63) is 63.0 Å². The Hall–Kier alpha value is -1.42. The molecule has 0 radical (unpaired) electrons. The SMILES string of the molecule is O=C(NCCNS(=O)(=O)c1cc(Br)ccc1Br)OCc1ccccc1. The summed E-state index contributed by atoms with van der Waals surface area (Å²) in [5.41, 5.74) is 0.873. The van der Waals surface area contributed by atoms with Gasteiger partial charge in [-0.3, -0.25) is 0 Å². The quantitative estimate of drug-likeness (QED) is 0.581. The lowest BCUT2D eigenvalue weighted by Gasteiger charge is -2.10. The summed E-state index contributed by atoms with van der Waals surface area (Å²) in [4.78, 5) is 11.7. The number of halogens is 2. The number of nitrogens with one attached hydrogen (secondary N) is 2. The Morgan fingerprint density at radius 1 is 1.04 bits per heavy atom. The number of hydrogen-bond donors (Lipinski definition) is 2. The average molecular weight is 492 g/mol. The van der Waals surface area contributed by atoms with Gasteiger partial charge in [-0.25, -0.2) is 17.9 Å². The van der Waals surface area contributed by atoms with E-state index in [-0.39, 0.29) is 24.6 Å². The van der Waals surface area contributed by atoms with Crippen molar-refractivity contribution in [3.63, 3.8) is 0 Å². The Morgan fingerprint density at radius 2 is 1.76 bits per heavy atom. The number of amides is 1. The highest BCUT2D eigenvalue weighted by Gasteiger charge is 2.17. The Bertz CT molecular complexity index is 829. The predicted octanol–water partition coefficient (Wildman–Crippen LogP) is 3.42. The maximum atomic E-state index is 12.3. The van der Waals surface area contributed by atoms with E-state index in [1.54, 1.807) is 12.1 Å². The molecule has 0 heterocycles. The second-order valence-electron chi connectivity index (χ2n) is 4.96. The molecule has 0 unspecified atom stereocenters. The van der Waals surface area contributed by atoms with Gasteiger partial charge in [0.25, 0.3) is 0 Å². The topological polar surface area (TPSA) is 84.5 Å². The predicted molar refractivity (Wildman–Crippen MR) is 102 cm³/mol. The molecule has 0 aromatic heterocycles. The number of ether oxygens (including phenoxy) is 1. The summed E-state index contributed by atoms with van der Waals surface area (Å²) in [6.45, 7) is 0.309. The van der Waals surface area contributed by atoms with E-state index in [1.165, 1.54) is 6.07 Å². The standard InChI is InChI=1S/C16H16Br2N2O4S/c17-13-6-7-14(18)15(10-13)25(22,23)20-9-8-19-16(21)24-11-12-4-2-1-3-5-12/h1-7,10,20H,8-9,11H2,(H,19,21). The van der Waals surface area contributed by atoms with E-state index in [9.17, 15) is 13.2 Å². The zero-order valence-corrected chi connectivity index (χ0v) is 17.0. The maximum Gasteiger partial charge on any atom is 0.407 e. The van der Waals surface area contributed by atoms with E-state index >= 15 is 0 Å². The summed E-state index contributed by atoms with van der Waals surface area (Å²) >= 11 is 6.45. The average Bonchev–Trinajstić information content (AvgIpc) is 2.60. The molecule has 6 nitrogen and oxygen atoms in total. The van der Waals surface area contributed by atoms with Crippen LogP contribution in [0.15, 0.2) is 62.4 Å². The van der Waals surface area contributed by atoms with Gasteiger partial charge in [0.2, 0.25) is 10.0 Å². The van der Waals surface area contributed by atoms with E-state index in [0.717, 1.165) is 5.56 Å². The van der Waals surface area contributed by atoms with Gasteiger partial charge >= 0.3 is 6.09 Å². The third-order valence-electron chi connectivity index (χ3n) is 3.08. The van der Waals surface area contributed by atoms with Crippen LogP contribution in [0.2, 0.25) is 0 Å². The minimum atomic E-state index is -3.69. The van der Waals surface area contributed by atoms with Crippen molar-refractivity contribution in [1.29, 1.82) is 0 Å². The fraction of sp³-hybridized carbons (Fsp3) is 0.188. The van der Waals surface area contributed by atoms with E-state index in [0.29, 0.717) is 8.95 Å². The Kier molecular flexibility index (Phi) is 7.42. The van der Waals surface area contributed by atoms with E-state index in [4.69, 9.17) is 4.74 Å². The first-order valence-electron chi connectivity index (χ1n) is 7.28. The molecule has 0 saturated heterocycles. The van der Waals surface area contributed by atoms with E-state index < -0.39 is 16.1 Å². The molecule has 1 amide bonds. The third kappa shape index (κ3) is 6.43. The lowest BCUT2D eigenvalue weighted by Crippen LogP contribution is -2.35. The molecule has 0 aliphatic heterocycles. The van der Waals surface area contributed by atoms with Crippen LogP contribution in [0, 0.1) is 0 Å². The van der Waals surface area contributed by atoms with Crippen LogP contribution in [0.25, 0.3) is 0 Å². The Morgan fingerprint density at radius 3 is 2.48 bits per heavy atom. The zero-order valence-electron chi connectivity index (χ0n) is 13.0. The van der Waals surface area contributed by atoms with Crippen molar-refractivity contribution < 1.29 is 17.9 Å². The van der Waals surface area contributed by atoms with Crippen molar-refractivity contribution in [3.8, 4) is 0 Å². The monoisotopic (exact) mass is 490 g/mol. The van der Waals surface area contributed by atoms with Crippen LogP contribution in [0.4, 0.5) is 4.79 Å². The highest BCUT2D eigenvalue weighted by atomic mass is 79.9. The number of sulfonamides is 1. The molecule has 2 rings (SSSR count). The van der Waals surface area contributed by atoms with Gasteiger partial charge in [-0.15, -0.1) is 0 Å². The van der Waals surface area contributed by atoms with Gasteiger partial charge in [0, 0.05) is 22.0 Å². The summed E-state index contributed by atoms with van der Waals surface area (Å²) in [5.74, 6) is 0. The molecule has 9 heteroatoms. The molecule has 0 fully saturated rings. The molecular weight excluding hydrogens is 476 g/mol. The first kappa shape index (κ1) is 19.9. The van der Waals surface area contributed by atoms with Crippen molar-refractivity contribution in [2.75, 3.05) is 13.1 Å². The molecule has 0 spiro atoms. The first-order chi connectivity index (χ1) is 11.9. The smallest absolute Gasteiger partial charge is 0.407 e. The van der Waals surface area contributed by atoms with Gasteiger partial charge in [0.1, 0.15) is 6.61 Å². The van der Waals surface area contributed by atoms with Gasteiger partial charge < -0.3 is 10.1 Å². The second kappa shape index (κ2) is 9.33. The van der Waals surface area contributed by atoms with Gasteiger partial charge in [0.05, 0.1) is 4.90 Å². The first-order valence-corrected chi connectivity index (χ1v) is 10.3. The highest BCUT2D eigenvalue weighted by molar-refractivity contribution is 9.11. The number of carbonyl (C=O) groups excluding carboxylic acids is 1. The number of benzene rings is 2. The summed E-state index contributed by atoms with van der Waals surface area (Å²) < 4.78 is 33.1. The van der Waals surface area contributed by atoms with Crippen LogP contribution in [-0.4, -0.2) is 27.6 Å². The third-order valence-corrected chi connectivity index (χ3v) is 6.03. The molecule has 2 N–H and O–H groups in total. The van der Waals surface area contributed by atoms with Crippen LogP contribution in [0.1, 0.15) is 5.56 Å². The van der Waals surface area contributed by atoms with Crippen LogP contribution in [0.5, 0.6) is 0 Å². The fourth-order valence-corrected chi connectivity index (χ4v) is 4.42. The van der Waals surface area contributed by atoms with Crippen molar-refractivity contribution in [2.24, 2.45) is 0 Å². The maximum absolute atomic E-state index is 12.3.